The lowest BCUT2D eigenvalue weighted by Crippen LogP contribution is -2.42. The second-order valence-corrected chi connectivity index (χ2v) is 6.16. The predicted octanol–water partition coefficient (Wildman–Crippen LogP) is 3.06. The minimum Gasteiger partial charge on any atom is -0.375 e. The van der Waals surface area contributed by atoms with E-state index in [4.69, 9.17) is 11.6 Å². The Kier molecular flexibility index (Phi) is 4.38. The van der Waals surface area contributed by atoms with Crippen molar-refractivity contribution in [2.24, 2.45) is 7.05 Å². The quantitative estimate of drug-likeness (QED) is 0.686. The molecule has 1 unspecified atom stereocenters. The van der Waals surface area contributed by atoms with Crippen LogP contribution in [0, 0.1) is 10.1 Å². The molecule has 8 heteroatoms. The van der Waals surface area contributed by atoms with Crippen LogP contribution in [-0.2, 0) is 7.05 Å². The Bertz CT molecular complexity index is 718. The standard InChI is InChI=1S/C15H18ClN5O2/c1-19-10-13(8-17-19)20-6-2-3-12(9-20)18-14-5-4-11(16)7-15(14)21(22)23/h4-5,7-8,10,12,18H,2-3,6,9H2,1H3. The number of nitro benzene ring substituents is 1. The van der Waals surface area contributed by atoms with Gasteiger partial charge in [0.2, 0.25) is 0 Å². The molecule has 1 atom stereocenters. The molecule has 3 rings (SSSR count). The molecule has 1 aromatic carbocycles. The van der Waals surface area contributed by atoms with Crippen molar-refractivity contribution in [1.29, 1.82) is 0 Å². The van der Waals surface area contributed by atoms with E-state index in [1.807, 2.05) is 19.4 Å². The molecule has 0 amide bonds. The third-order valence-electron chi connectivity index (χ3n) is 3.99. The van der Waals surface area contributed by atoms with Crippen molar-refractivity contribution in [2.75, 3.05) is 23.3 Å². The maximum Gasteiger partial charge on any atom is 0.293 e. The molecule has 2 aromatic rings. The number of rotatable bonds is 4. The highest BCUT2D eigenvalue weighted by atomic mass is 35.5. The molecule has 0 bridgehead atoms. The molecule has 1 fully saturated rings. The summed E-state index contributed by atoms with van der Waals surface area (Å²) in [4.78, 5) is 13.0. The van der Waals surface area contributed by atoms with Crippen LogP contribution in [0.2, 0.25) is 5.02 Å². The number of benzene rings is 1. The zero-order valence-corrected chi connectivity index (χ0v) is 13.5. The highest BCUT2D eigenvalue weighted by Gasteiger charge is 2.23. The first kappa shape index (κ1) is 15.6. The topological polar surface area (TPSA) is 76.2 Å². The predicted molar refractivity (Wildman–Crippen MR) is 90.2 cm³/mol. The van der Waals surface area contributed by atoms with E-state index in [0.717, 1.165) is 31.6 Å². The lowest BCUT2D eigenvalue weighted by Gasteiger charge is -2.34. The highest BCUT2D eigenvalue weighted by molar-refractivity contribution is 6.30. The molecule has 0 radical (unpaired) electrons. The van der Waals surface area contributed by atoms with Crippen molar-refractivity contribution in [2.45, 2.75) is 18.9 Å². The third kappa shape index (κ3) is 3.56. The van der Waals surface area contributed by atoms with Crippen LogP contribution >= 0.6 is 11.6 Å². The van der Waals surface area contributed by atoms with E-state index in [1.54, 1.807) is 16.8 Å². The first-order chi connectivity index (χ1) is 11.0. The Balaban J connectivity index is 1.74. The van der Waals surface area contributed by atoms with Crippen molar-refractivity contribution in [1.82, 2.24) is 9.78 Å². The maximum absolute atomic E-state index is 11.2. The molecule has 1 N–H and O–H groups in total. The molecule has 122 valence electrons. The average molecular weight is 336 g/mol. The minimum atomic E-state index is -0.407. The van der Waals surface area contributed by atoms with E-state index in [9.17, 15) is 10.1 Å². The first-order valence-electron chi connectivity index (χ1n) is 7.47. The number of aryl methyl sites for hydroxylation is 1. The summed E-state index contributed by atoms with van der Waals surface area (Å²) in [6.45, 7) is 1.75. The second kappa shape index (κ2) is 6.45. The minimum absolute atomic E-state index is 0.0102. The Morgan fingerprint density at radius 1 is 1.48 bits per heavy atom. The van der Waals surface area contributed by atoms with E-state index in [-0.39, 0.29) is 11.7 Å². The number of hydrogen-bond donors (Lipinski definition) is 1. The number of nitro groups is 1. The van der Waals surface area contributed by atoms with Crippen molar-refractivity contribution >= 4 is 28.7 Å². The lowest BCUT2D eigenvalue weighted by molar-refractivity contribution is -0.384. The van der Waals surface area contributed by atoms with Gasteiger partial charge in [-0.2, -0.15) is 5.10 Å². The molecular weight excluding hydrogens is 318 g/mol. The summed E-state index contributed by atoms with van der Waals surface area (Å²) in [6.07, 6.45) is 5.81. The van der Waals surface area contributed by atoms with E-state index in [2.05, 4.69) is 15.3 Å². The fraction of sp³-hybridized carbons (Fsp3) is 0.400. The molecule has 0 aliphatic carbocycles. The summed E-state index contributed by atoms with van der Waals surface area (Å²) in [6, 6.07) is 4.86. The summed E-state index contributed by atoms with van der Waals surface area (Å²) in [5.41, 5.74) is 1.60. The van der Waals surface area contributed by atoms with Gasteiger partial charge in [0.15, 0.2) is 0 Å². The molecule has 1 saturated heterocycles. The van der Waals surface area contributed by atoms with Gasteiger partial charge in [0, 0.05) is 43.5 Å². The Labute approximate surface area is 139 Å². The summed E-state index contributed by atoms with van der Waals surface area (Å²) >= 11 is 5.86. The van der Waals surface area contributed by atoms with Crippen molar-refractivity contribution in [3.8, 4) is 0 Å². The van der Waals surface area contributed by atoms with Gasteiger partial charge in [-0.15, -0.1) is 0 Å². The fourth-order valence-corrected chi connectivity index (χ4v) is 3.07. The van der Waals surface area contributed by atoms with Crippen LogP contribution in [0.1, 0.15) is 12.8 Å². The molecule has 1 aliphatic heterocycles. The number of piperidine rings is 1. The van der Waals surface area contributed by atoms with Gasteiger partial charge < -0.3 is 10.2 Å². The van der Waals surface area contributed by atoms with Gasteiger partial charge in [0.1, 0.15) is 5.69 Å². The average Bonchev–Trinajstić information content (AvgIpc) is 2.96. The van der Waals surface area contributed by atoms with Gasteiger partial charge in [0.05, 0.1) is 16.8 Å². The summed E-state index contributed by atoms with van der Waals surface area (Å²) < 4.78 is 1.77. The molecule has 1 aromatic heterocycles. The lowest BCUT2D eigenvalue weighted by atomic mass is 10.0. The van der Waals surface area contributed by atoms with E-state index >= 15 is 0 Å². The molecular formula is C15H18ClN5O2. The Morgan fingerprint density at radius 2 is 2.30 bits per heavy atom. The molecule has 7 nitrogen and oxygen atoms in total. The molecule has 0 saturated carbocycles. The number of aromatic nitrogens is 2. The van der Waals surface area contributed by atoms with E-state index in [1.165, 1.54) is 6.07 Å². The smallest absolute Gasteiger partial charge is 0.293 e. The number of halogens is 1. The molecule has 1 aliphatic rings. The summed E-state index contributed by atoms with van der Waals surface area (Å²) in [5, 5.41) is 19.0. The normalized spacial score (nSPS) is 18.0. The molecule has 23 heavy (non-hydrogen) atoms. The number of nitrogens with one attached hydrogen (secondary N) is 1. The Hall–Kier alpha value is -2.28. The summed E-state index contributed by atoms with van der Waals surface area (Å²) in [7, 11) is 1.89. The van der Waals surface area contributed by atoms with E-state index in [0.29, 0.717) is 10.7 Å². The zero-order chi connectivity index (χ0) is 16.4. The van der Waals surface area contributed by atoms with Crippen molar-refractivity contribution in [3.05, 3.63) is 45.7 Å². The van der Waals surface area contributed by atoms with Gasteiger partial charge in [0.25, 0.3) is 5.69 Å². The highest BCUT2D eigenvalue weighted by Crippen LogP contribution is 2.30. The molecule has 0 spiro atoms. The third-order valence-corrected chi connectivity index (χ3v) is 4.23. The van der Waals surface area contributed by atoms with Crippen LogP contribution in [0.5, 0.6) is 0 Å². The number of hydrogen-bond acceptors (Lipinski definition) is 5. The number of nitrogens with zero attached hydrogens (tertiary/aromatic N) is 4. The fourth-order valence-electron chi connectivity index (χ4n) is 2.90. The van der Waals surface area contributed by atoms with Gasteiger partial charge in [-0.1, -0.05) is 11.6 Å². The second-order valence-electron chi connectivity index (χ2n) is 5.72. The zero-order valence-electron chi connectivity index (χ0n) is 12.8. The summed E-state index contributed by atoms with van der Waals surface area (Å²) in [5.74, 6) is 0. The monoisotopic (exact) mass is 335 g/mol. The van der Waals surface area contributed by atoms with Crippen molar-refractivity contribution in [3.63, 3.8) is 0 Å². The van der Waals surface area contributed by atoms with Crippen molar-refractivity contribution < 1.29 is 4.92 Å². The van der Waals surface area contributed by atoms with Gasteiger partial charge >= 0.3 is 0 Å². The van der Waals surface area contributed by atoms with Crippen LogP contribution in [0.25, 0.3) is 0 Å². The van der Waals surface area contributed by atoms with Gasteiger partial charge in [-0.25, -0.2) is 0 Å². The van der Waals surface area contributed by atoms with Crippen LogP contribution < -0.4 is 10.2 Å². The van der Waals surface area contributed by atoms with Gasteiger partial charge in [-0.3, -0.25) is 14.8 Å². The van der Waals surface area contributed by atoms with Crippen LogP contribution in [0.4, 0.5) is 17.1 Å². The van der Waals surface area contributed by atoms with Crippen LogP contribution in [-0.4, -0.2) is 33.8 Å². The van der Waals surface area contributed by atoms with Crippen LogP contribution in [0.3, 0.4) is 0 Å². The van der Waals surface area contributed by atoms with Gasteiger partial charge in [-0.05, 0) is 25.0 Å². The molecule has 2 heterocycles. The largest absolute Gasteiger partial charge is 0.375 e. The van der Waals surface area contributed by atoms with Crippen LogP contribution in [0.15, 0.2) is 30.6 Å². The maximum atomic E-state index is 11.2. The SMILES string of the molecule is Cn1cc(N2CCCC(Nc3ccc(Cl)cc3[N+](=O)[O-])C2)cn1. The number of anilines is 2. The van der Waals surface area contributed by atoms with E-state index < -0.39 is 4.92 Å². The first-order valence-corrected chi connectivity index (χ1v) is 7.85. The Morgan fingerprint density at radius 3 is 3.00 bits per heavy atom.